The number of carboxylic acids is 1. The largest absolute Gasteiger partial charge is 0.496 e. The van der Waals surface area contributed by atoms with Crippen LogP contribution in [0.5, 0.6) is 5.75 Å². The molecule has 9 heteroatoms. The molecule has 178 valence electrons. The third kappa shape index (κ3) is 5.77. The second-order valence-electron chi connectivity index (χ2n) is 8.17. The first kappa shape index (κ1) is 24.4. The summed E-state index contributed by atoms with van der Waals surface area (Å²) in [7, 11) is 1.43. The van der Waals surface area contributed by atoms with Gasteiger partial charge in [-0.2, -0.15) is 13.2 Å². The van der Waals surface area contributed by atoms with E-state index >= 15 is 0 Å². The van der Waals surface area contributed by atoms with Crippen molar-refractivity contribution >= 4 is 12.0 Å². The van der Waals surface area contributed by atoms with Crippen molar-refractivity contribution in [1.82, 2.24) is 10.6 Å². The Labute approximate surface area is 190 Å². The fourth-order valence-corrected chi connectivity index (χ4v) is 3.63. The minimum atomic E-state index is -4.56. The summed E-state index contributed by atoms with van der Waals surface area (Å²) in [5, 5.41) is 15.0. The van der Waals surface area contributed by atoms with Crippen molar-refractivity contribution < 1.29 is 32.6 Å². The fraction of sp³-hybridized carbons (Fsp3) is 0.417. The molecule has 6 nitrogen and oxygen atoms in total. The van der Waals surface area contributed by atoms with Crippen LogP contribution < -0.4 is 15.4 Å². The number of hydrogen-bond acceptors (Lipinski definition) is 3. The van der Waals surface area contributed by atoms with Gasteiger partial charge >= 0.3 is 18.2 Å². The lowest BCUT2D eigenvalue weighted by atomic mass is 9.89. The van der Waals surface area contributed by atoms with Gasteiger partial charge in [0.2, 0.25) is 0 Å². The van der Waals surface area contributed by atoms with E-state index in [4.69, 9.17) is 4.74 Å². The Morgan fingerprint density at radius 2 is 1.85 bits per heavy atom. The number of nitrogens with one attached hydrogen (secondary N) is 2. The highest BCUT2D eigenvalue weighted by Crippen LogP contribution is 2.40. The quantitative estimate of drug-likeness (QED) is 0.483. The van der Waals surface area contributed by atoms with Gasteiger partial charge in [0.15, 0.2) is 0 Å². The van der Waals surface area contributed by atoms with Crippen molar-refractivity contribution in [1.29, 1.82) is 0 Å². The first-order valence-electron chi connectivity index (χ1n) is 10.7. The Bertz CT molecular complexity index is 1030. The van der Waals surface area contributed by atoms with E-state index in [1.54, 1.807) is 25.1 Å². The predicted molar refractivity (Wildman–Crippen MR) is 117 cm³/mol. The van der Waals surface area contributed by atoms with Crippen molar-refractivity contribution in [3.8, 4) is 16.9 Å². The fourth-order valence-electron chi connectivity index (χ4n) is 3.63. The molecule has 33 heavy (non-hydrogen) atoms. The van der Waals surface area contributed by atoms with Crippen LogP contribution in [0.3, 0.4) is 0 Å². The molecule has 1 aliphatic rings. The maximum atomic E-state index is 13.5. The number of ether oxygens (including phenoxy) is 1. The average molecular weight is 464 g/mol. The molecule has 0 aliphatic heterocycles. The molecule has 3 rings (SSSR count). The molecule has 0 aromatic heterocycles. The lowest BCUT2D eigenvalue weighted by Gasteiger charge is -2.24. The number of halogens is 3. The standard InChI is InChI=1S/C24H27F3N2O4/c1-4-20(29-23(32)28-16-7-8-16)18-12-15(24(25,26)27)6-9-17(18)19-11-14(13(2)22(30)31)5-10-21(19)33-3/h5-6,9-13,16,20H,4,7-8H2,1-3H3,(H,30,31)(H2,28,29,32). The summed E-state index contributed by atoms with van der Waals surface area (Å²) in [6, 6.07) is 7.13. The van der Waals surface area contributed by atoms with Gasteiger partial charge in [-0.05, 0) is 67.1 Å². The van der Waals surface area contributed by atoms with Crippen LogP contribution in [-0.2, 0) is 11.0 Å². The minimum Gasteiger partial charge on any atom is -0.496 e. The monoisotopic (exact) mass is 464 g/mol. The molecule has 0 saturated heterocycles. The van der Waals surface area contributed by atoms with Gasteiger partial charge < -0.3 is 20.5 Å². The molecule has 1 saturated carbocycles. The third-order valence-electron chi connectivity index (χ3n) is 5.76. The number of methoxy groups -OCH3 is 1. The number of aliphatic carboxylic acids is 1. The predicted octanol–water partition coefficient (Wildman–Crippen LogP) is 5.48. The van der Waals surface area contributed by atoms with Gasteiger partial charge in [0, 0.05) is 11.6 Å². The topological polar surface area (TPSA) is 87.7 Å². The number of urea groups is 1. The van der Waals surface area contributed by atoms with Crippen LogP contribution in [0.25, 0.3) is 11.1 Å². The van der Waals surface area contributed by atoms with Crippen LogP contribution in [0.2, 0.25) is 0 Å². The summed E-state index contributed by atoms with van der Waals surface area (Å²) < 4.78 is 46.0. The molecule has 2 aromatic carbocycles. The zero-order chi connectivity index (χ0) is 24.3. The van der Waals surface area contributed by atoms with E-state index in [0.29, 0.717) is 28.9 Å². The average Bonchev–Trinajstić information content (AvgIpc) is 3.59. The summed E-state index contributed by atoms with van der Waals surface area (Å²) in [5.74, 6) is -1.46. The zero-order valence-electron chi connectivity index (χ0n) is 18.6. The second-order valence-corrected chi connectivity index (χ2v) is 8.17. The van der Waals surface area contributed by atoms with E-state index in [1.165, 1.54) is 20.1 Å². The van der Waals surface area contributed by atoms with Crippen LogP contribution in [0.1, 0.15) is 61.8 Å². The van der Waals surface area contributed by atoms with Crippen molar-refractivity contribution in [2.24, 2.45) is 0 Å². The van der Waals surface area contributed by atoms with Gasteiger partial charge in [-0.25, -0.2) is 4.79 Å². The molecule has 2 unspecified atom stereocenters. The highest BCUT2D eigenvalue weighted by atomic mass is 19.4. The first-order chi connectivity index (χ1) is 15.5. The lowest BCUT2D eigenvalue weighted by molar-refractivity contribution is -0.139. The normalized spacial score (nSPS) is 15.5. The summed E-state index contributed by atoms with van der Waals surface area (Å²) in [6.45, 7) is 3.30. The van der Waals surface area contributed by atoms with Gasteiger partial charge in [-0.3, -0.25) is 4.79 Å². The van der Waals surface area contributed by atoms with E-state index in [-0.39, 0.29) is 11.6 Å². The molecule has 1 aliphatic carbocycles. The van der Waals surface area contributed by atoms with Gasteiger partial charge in [0.25, 0.3) is 0 Å². The number of carbonyl (C=O) groups excluding carboxylic acids is 1. The molecular formula is C24H27F3N2O4. The van der Waals surface area contributed by atoms with E-state index in [1.807, 2.05) is 0 Å². The Morgan fingerprint density at radius 3 is 2.39 bits per heavy atom. The number of carbonyl (C=O) groups is 2. The van der Waals surface area contributed by atoms with E-state index < -0.39 is 35.7 Å². The summed E-state index contributed by atoms with van der Waals surface area (Å²) >= 11 is 0. The highest BCUT2D eigenvalue weighted by Gasteiger charge is 2.33. The number of carboxylic acid groups (broad SMARTS) is 1. The van der Waals surface area contributed by atoms with Crippen molar-refractivity contribution in [2.45, 2.75) is 57.3 Å². The van der Waals surface area contributed by atoms with Crippen LogP contribution in [0.4, 0.5) is 18.0 Å². The Morgan fingerprint density at radius 1 is 1.15 bits per heavy atom. The minimum absolute atomic E-state index is 0.0952. The Hall–Kier alpha value is -3.23. The van der Waals surface area contributed by atoms with E-state index in [9.17, 15) is 27.9 Å². The van der Waals surface area contributed by atoms with Crippen molar-refractivity contribution in [2.75, 3.05) is 7.11 Å². The summed E-state index contributed by atoms with van der Waals surface area (Å²) in [6.07, 6.45) is -2.46. The van der Waals surface area contributed by atoms with E-state index in [2.05, 4.69) is 10.6 Å². The molecule has 0 heterocycles. The third-order valence-corrected chi connectivity index (χ3v) is 5.76. The molecule has 1 fully saturated rings. The molecule has 0 bridgehead atoms. The van der Waals surface area contributed by atoms with Crippen molar-refractivity contribution in [3.05, 3.63) is 53.1 Å². The molecule has 3 N–H and O–H groups in total. The van der Waals surface area contributed by atoms with Crippen molar-refractivity contribution in [3.63, 3.8) is 0 Å². The zero-order valence-corrected chi connectivity index (χ0v) is 18.6. The smallest absolute Gasteiger partial charge is 0.416 e. The highest BCUT2D eigenvalue weighted by molar-refractivity contribution is 5.80. The molecule has 0 radical (unpaired) electrons. The van der Waals surface area contributed by atoms with Crippen LogP contribution >= 0.6 is 0 Å². The number of alkyl halides is 3. The van der Waals surface area contributed by atoms with Gasteiger partial charge in [0.05, 0.1) is 24.6 Å². The Balaban J connectivity index is 2.13. The van der Waals surface area contributed by atoms with Gasteiger partial charge in [-0.1, -0.05) is 19.1 Å². The molecule has 2 atom stereocenters. The summed E-state index contributed by atoms with van der Waals surface area (Å²) in [4.78, 5) is 23.9. The number of benzene rings is 2. The van der Waals surface area contributed by atoms with Crippen LogP contribution in [0.15, 0.2) is 36.4 Å². The first-order valence-corrected chi connectivity index (χ1v) is 10.7. The molecule has 2 aromatic rings. The molecule has 0 spiro atoms. The van der Waals surface area contributed by atoms with Gasteiger partial charge in [0.1, 0.15) is 5.75 Å². The molecule has 2 amide bonds. The summed E-state index contributed by atoms with van der Waals surface area (Å²) in [5.41, 5.74) is 0.805. The Kier molecular flexibility index (Phi) is 7.19. The lowest BCUT2D eigenvalue weighted by Crippen LogP contribution is -2.39. The maximum absolute atomic E-state index is 13.5. The van der Waals surface area contributed by atoms with Gasteiger partial charge in [-0.15, -0.1) is 0 Å². The molecular weight excluding hydrogens is 437 g/mol. The second kappa shape index (κ2) is 9.72. The number of rotatable bonds is 8. The SMILES string of the molecule is CCC(NC(=O)NC1CC1)c1cc(C(F)(F)F)ccc1-c1cc(C(C)C(=O)O)ccc1OC. The number of hydrogen-bond donors (Lipinski definition) is 3. The van der Waals surface area contributed by atoms with Crippen LogP contribution in [-0.4, -0.2) is 30.3 Å². The van der Waals surface area contributed by atoms with Crippen LogP contribution in [0, 0.1) is 0 Å². The van der Waals surface area contributed by atoms with E-state index in [0.717, 1.165) is 25.0 Å². The maximum Gasteiger partial charge on any atom is 0.416 e. The number of amides is 2.